The summed E-state index contributed by atoms with van der Waals surface area (Å²) in [4.78, 5) is 4.34. The molecule has 0 aromatic heterocycles. The summed E-state index contributed by atoms with van der Waals surface area (Å²) in [5, 5.41) is 6.30. The van der Waals surface area contributed by atoms with Crippen LogP contribution in [0.3, 0.4) is 0 Å². The lowest BCUT2D eigenvalue weighted by molar-refractivity contribution is -0.0512. The molecule has 6 nitrogen and oxygen atoms in total. The van der Waals surface area contributed by atoms with Crippen LogP contribution in [0.1, 0.15) is 12.5 Å². The molecule has 0 unspecified atom stereocenters. The predicted octanol–water partition coefficient (Wildman–Crippen LogP) is 2.66. The summed E-state index contributed by atoms with van der Waals surface area (Å²) in [6.07, 6.45) is 0.623. The van der Waals surface area contributed by atoms with Crippen LogP contribution in [-0.4, -0.2) is 53.0 Å². The Labute approximate surface area is 164 Å². The molecular weight excluding hydrogens is 447 g/mol. The highest BCUT2D eigenvalue weighted by Gasteiger charge is 2.11. The molecule has 144 valence electrons. The molecule has 0 bridgehead atoms. The average Bonchev–Trinajstić information content (AvgIpc) is 2.55. The molecule has 0 saturated carbocycles. The Bertz CT molecular complexity index is 519. The van der Waals surface area contributed by atoms with Crippen LogP contribution in [0.25, 0.3) is 0 Å². The van der Waals surface area contributed by atoms with E-state index in [1.807, 2.05) is 13.0 Å². The minimum absolute atomic E-state index is 0. The van der Waals surface area contributed by atoms with Gasteiger partial charge in [-0.05, 0) is 31.0 Å². The molecule has 0 aliphatic carbocycles. The van der Waals surface area contributed by atoms with Gasteiger partial charge in [-0.1, -0.05) is 6.07 Å². The predicted molar refractivity (Wildman–Crippen MR) is 105 cm³/mol. The number of nitrogens with one attached hydrogen (secondary N) is 2. The van der Waals surface area contributed by atoms with E-state index in [-0.39, 0.29) is 35.5 Å². The SMILES string of the molecule is CCNC(=NCCOC)NCCc1ccc(OC)c(OC(F)F)c1.I. The zero-order valence-electron chi connectivity index (χ0n) is 14.7. The second-order valence-electron chi connectivity index (χ2n) is 4.79. The van der Waals surface area contributed by atoms with Gasteiger partial charge < -0.3 is 24.8 Å². The van der Waals surface area contributed by atoms with Crippen molar-refractivity contribution >= 4 is 29.9 Å². The lowest BCUT2D eigenvalue weighted by atomic mass is 10.1. The van der Waals surface area contributed by atoms with Gasteiger partial charge in [-0.25, -0.2) is 0 Å². The van der Waals surface area contributed by atoms with Crippen LogP contribution in [0.5, 0.6) is 11.5 Å². The molecule has 25 heavy (non-hydrogen) atoms. The van der Waals surface area contributed by atoms with Gasteiger partial charge in [0.1, 0.15) is 0 Å². The molecule has 0 atom stereocenters. The molecular formula is C16H26F2IN3O3. The molecule has 0 aliphatic heterocycles. The van der Waals surface area contributed by atoms with Gasteiger partial charge >= 0.3 is 6.61 Å². The topological polar surface area (TPSA) is 64.1 Å². The zero-order valence-corrected chi connectivity index (χ0v) is 17.0. The second kappa shape index (κ2) is 13.9. The number of alkyl halides is 2. The molecule has 0 spiro atoms. The Morgan fingerprint density at radius 2 is 1.96 bits per heavy atom. The number of ether oxygens (including phenoxy) is 3. The third-order valence-electron chi connectivity index (χ3n) is 3.06. The number of hydrogen-bond donors (Lipinski definition) is 2. The van der Waals surface area contributed by atoms with Gasteiger partial charge in [0.05, 0.1) is 20.3 Å². The third-order valence-corrected chi connectivity index (χ3v) is 3.06. The first-order chi connectivity index (χ1) is 11.6. The normalized spacial score (nSPS) is 11.0. The monoisotopic (exact) mass is 473 g/mol. The van der Waals surface area contributed by atoms with Crippen molar-refractivity contribution in [3.8, 4) is 11.5 Å². The van der Waals surface area contributed by atoms with Gasteiger partial charge in [0.25, 0.3) is 0 Å². The molecule has 0 amide bonds. The highest BCUT2D eigenvalue weighted by atomic mass is 127. The Balaban J connectivity index is 0.00000576. The number of nitrogens with zero attached hydrogens (tertiary/aromatic N) is 1. The Morgan fingerprint density at radius 1 is 1.20 bits per heavy atom. The number of guanidine groups is 1. The van der Waals surface area contributed by atoms with E-state index in [0.29, 0.717) is 32.1 Å². The first-order valence-electron chi connectivity index (χ1n) is 7.73. The van der Waals surface area contributed by atoms with Crippen molar-refractivity contribution in [2.24, 2.45) is 4.99 Å². The van der Waals surface area contributed by atoms with Gasteiger partial charge in [0.15, 0.2) is 17.5 Å². The van der Waals surface area contributed by atoms with Gasteiger partial charge in [-0.3, -0.25) is 4.99 Å². The lowest BCUT2D eigenvalue weighted by Crippen LogP contribution is -2.38. The van der Waals surface area contributed by atoms with E-state index in [9.17, 15) is 8.78 Å². The van der Waals surface area contributed by atoms with Crippen LogP contribution in [0, 0.1) is 0 Å². The Hall–Kier alpha value is -1.36. The van der Waals surface area contributed by atoms with Crippen molar-refractivity contribution in [2.45, 2.75) is 20.0 Å². The van der Waals surface area contributed by atoms with E-state index in [2.05, 4.69) is 20.4 Å². The summed E-state index contributed by atoms with van der Waals surface area (Å²) in [6.45, 7) is 1.53. The van der Waals surface area contributed by atoms with E-state index in [0.717, 1.165) is 12.1 Å². The number of benzene rings is 1. The molecule has 0 saturated heterocycles. The van der Waals surface area contributed by atoms with Crippen molar-refractivity contribution in [1.82, 2.24) is 10.6 Å². The van der Waals surface area contributed by atoms with Crippen molar-refractivity contribution in [3.05, 3.63) is 23.8 Å². The molecule has 1 aromatic rings. The first kappa shape index (κ1) is 23.6. The van der Waals surface area contributed by atoms with Crippen molar-refractivity contribution in [3.63, 3.8) is 0 Å². The summed E-state index contributed by atoms with van der Waals surface area (Å²) in [7, 11) is 3.03. The van der Waals surface area contributed by atoms with Crippen LogP contribution in [0.15, 0.2) is 23.2 Å². The average molecular weight is 473 g/mol. The molecule has 1 rings (SSSR count). The minimum Gasteiger partial charge on any atom is -0.493 e. The van der Waals surface area contributed by atoms with Gasteiger partial charge in [0.2, 0.25) is 0 Å². The first-order valence-corrected chi connectivity index (χ1v) is 7.73. The van der Waals surface area contributed by atoms with E-state index in [1.54, 1.807) is 19.2 Å². The Morgan fingerprint density at radius 3 is 2.56 bits per heavy atom. The molecule has 0 fully saturated rings. The van der Waals surface area contributed by atoms with Gasteiger partial charge in [-0.15, -0.1) is 24.0 Å². The van der Waals surface area contributed by atoms with E-state index in [1.165, 1.54) is 7.11 Å². The highest BCUT2D eigenvalue weighted by molar-refractivity contribution is 14.0. The number of rotatable bonds is 10. The van der Waals surface area contributed by atoms with E-state index >= 15 is 0 Å². The molecule has 0 radical (unpaired) electrons. The van der Waals surface area contributed by atoms with E-state index in [4.69, 9.17) is 9.47 Å². The number of hydrogen-bond acceptors (Lipinski definition) is 4. The summed E-state index contributed by atoms with van der Waals surface area (Å²) >= 11 is 0. The molecule has 2 N–H and O–H groups in total. The zero-order chi connectivity index (χ0) is 17.8. The van der Waals surface area contributed by atoms with Crippen LogP contribution in [0.4, 0.5) is 8.78 Å². The van der Waals surface area contributed by atoms with Crippen molar-refractivity contribution in [2.75, 3.05) is 40.5 Å². The van der Waals surface area contributed by atoms with Gasteiger partial charge in [0, 0.05) is 20.2 Å². The number of halogens is 3. The van der Waals surface area contributed by atoms with Crippen LogP contribution in [0.2, 0.25) is 0 Å². The fourth-order valence-electron chi connectivity index (χ4n) is 1.98. The van der Waals surface area contributed by atoms with Crippen molar-refractivity contribution in [1.29, 1.82) is 0 Å². The quantitative estimate of drug-likeness (QED) is 0.237. The molecule has 0 heterocycles. The summed E-state index contributed by atoms with van der Waals surface area (Å²) in [5.41, 5.74) is 0.853. The second-order valence-corrected chi connectivity index (χ2v) is 4.79. The summed E-state index contributed by atoms with van der Waals surface area (Å²) in [5.74, 6) is 0.999. The third kappa shape index (κ3) is 9.63. The van der Waals surface area contributed by atoms with Crippen LogP contribution < -0.4 is 20.1 Å². The van der Waals surface area contributed by atoms with Crippen LogP contribution in [-0.2, 0) is 11.2 Å². The maximum absolute atomic E-state index is 12.4. The minimum atomic E-state index is -2.89. The maximum atomic E-state index is 12.4. The number of aliphatic imine (C=N–C) groups is 1. The summed E-state index contributed by atoms with van der Waals surface area (Å²) in [6, 6.07) is 4.99. The van der Waals surface area contributed by atoms with Crippen LogP contribution >= 0.6 is 24.0 Å². The smallest absolute Gasteiger partial charge is 0.387 e. The highest BCUT2D eigenvalue weighted by Crippen LogP contribution is 2.29. The molecule has 0 aliphatic rings. The molecule has 1 aromatic carbocycles. The Kier molecular flexibility index (Phi) is 13.1. The summed E-state index contributed by atoms with van der Waals surface area (Å²) < 4.78 is 39.3. The fraction of sp³-hybridized carbons (Fsp3) is 0.562. The standard InChI is InChI=1S/C16H25F2N3O3.HI/c1-4-19-16(21-9-10-22-2)20-8-7-12-5-6-13(23-3)14(11-12)24-15(17)18;/h5-6,11,15H,4,7-10H2,1-3H3,(H2,19,20,21);1H. The van der Waals surface area contributed by atoms with E-state index < -0.39 is 6.61 Å². The maximum Gasteiger partial charge on any atom is 0.387 e. The lowest BCUT2D eigenvalue weighted by Gasteiger charge is -2.13. The van der Waals surface area contributed by atoms with Crippen molar-refractivity contribution < 1.29 is 23.0 Å². The molecule has 9 heteroatoms. The van der Waals surface area contributed by atoms with Gasteiger partial charge in [-0.2, -0.15) is 8.78 Å². The largest absolute Gasteiger partial charge is 0.493 e. The number of methoxy groups -OCH3 is 2. The fourth-order valence-corrected chi connectivity index (χ4v) is 1.98.